The Morgan fingerprint density at radius 3 is 2.85 bits per heavy atom. The van der Waals surface area contributed by atoms with Crippen molar-refractivity contribution in [1.82, 2.24) is 19.9 Å². The van der Waals surface area contributed by atoms with Crippen LogP contribution in [0, 0.1) is 6.92 Å². The van der Waals surface area contributed by atoms with E-state index in [9.17, 15) is 4.79 Å². The third kappa shape index (κ3) is 3.03. The number of carbonyl (C=O) groups excluding carboxylic acids is 1. The minimum atomic E-state index is 0.0175. The van der Waals surface area contributed by atoms with Gasteiger partial charge in [0.25, 0.3) is 5.91 Å². The Balaban J connectivity index is 1.71. The summed E-state index contributed by atoms with van der Waals surface area (Å²) in [6.45, 7) is 6.21. The highest BCUT2D eigenvalue weighted by molar-refractivity contribution is 7.17. The highest BCUT2D eigenvalue weighted by Crippen LogP contribution is 2.35. The van der Waals surface area contributed by atoms with Gasteiger partial charge in [-0.3, -0.25) is 4.79 Å². The number of nitrogens with one attached hydrogen (secondary N) is 1. The quantitative estimate of drug-likeness (QED) is 0.725. The number of amides is 1. The van der Waals surface area contributed by atoms with Gasteiger partial charge in [0.1, 0.15) is 15.5 Å². The fraction of sp³-hybridized carbons (Fsp3) is 0.450. The van der Waals surface area contributed by atoms with Crippen LogP contribution >= 0.6 is 11.3 Å². The van der Waals surface area contributed by atoms with Crippen LogP contribution in [0.4, 0.5) is 0 Å². The summed E-state index contributed by atoms with van der Waals surface area (Å²) < 4.78 is 2.17. The van der Waals surface area contributed by atoms with E-state index in [-0.39, 0.29) is 5.91 Å². The zero-order valence-electron chi connectivity index (χ0n) is 15.5. The fourth-order valence-electron chi connectivity index (χ4n) is 3.69. The van der Waals surface area contributed by atoms with Crippen LogP contribution in [0.3, 0.4) is 0 Å². The van der Waals surface area contributed by atoms with Crippen molar-refractivity contribution in [3.05, 3.63) is 35.1 Å². The molecule has 1 fully saturated rings. The predicted octanol–water partition coefficient (Wildman–Crippen LogP) is 4.72. The Morgan fingerprint density at radius 1 is 1.35 bits per heavy atom. The molecule has 1 saturated carbocycles. The molecule has 3 aromatic heterocycles. The van der Waals surface area contributed by atoms with Gasteiger partial charge in [-0.1, -0.05) is 12.8 Å². The second-order valence-corrected chi connectivity index (χ2v) is 8.31. The molecule has 3 aromatic rings. The van der Waals surface area contributed by atoms with Crippen molar-refractivity contribution in [2.75, 3.05) is 0 Å². The van der Waals surface area contributed by atoms with Crippen LogP contribution in [0.15, 0.2) is 24.5 Å². The molecule has 5 nitrogen and oxygen atoms in total. The first-order valence-electron chi connectivity index (χ1n) is 9.29. The van der Waals surface area contributed by atoms with Gasteiger partial charge >= 0.3 is 0 Å². The van der Waals surface area contributed by atoms with E-state index >= 15 is 0 Å². The van der Waals surface area contributed by atoms with Crippen LogP contribution in [-0.4, -0.2) is 26.5 Å². The number of carbonyl (C=O) groups is 1. The molecule has 0 aliphatic heterocycles. The molecule has 0 spiro atoms. The van der Waals surface area contributed by atoms with Crippen molar-refractivity contribution in [3.63, 3.8) is 0 Å². The number of thiazole rings is 1. The average molecular weight is 369 g/mol. The van der Waals surface area contributed by atoms with Gasteiger partial charge in [-0.05, 0) is 45.7 Å². The molecule has 0 unspecified atom stereocenters. The average Bonchev–Trinajstić information content (AvgIpc) is 3.32. The van der Waals surface area contributed by atoms with E-state index in [1.165, 1.54) is 24.2 Å². The van der Waals surface area contributed by atoms with Crippen molar-refractivity contribution in [1.29, 1.82) is 0 Å². The lowest BCUT2D eigenvalue weighted by atomic mass is 10.2. The number of nitrogens with zero attached hydrogens (tertiary/aromatic N) is 3. The Hall–Kier alpha value is -2.21. The lowest BCUT2D eigenvalue weighted by molar-refractivity contribution is 0.0941. The summed E-state index contributed by atoms with van der Waals surface area (Å²) in [6, 6.07) is 4.66. The smallest absolute Gasteiger partial charge is 0.263 e. The standard InChI is InChI=1S/C20H24N4OS/c1-12(2)24-11-16(15-9-6-10-21-18(15)24)20-22-13(3)17(26-20)19(25)23-14-7-4-5-8-14/h6,9-12,14H,4-5,7-8H2,1-3H3,(H,23,25). The van der Waals surface area contributed by atoms with Crippen LogP contribution < -0.4 is 5.32 Å². The number of aryl methyl sites for hydroxylation is 1. The third-order valence-electron chi connectivity index (χ3n) is 5.07. The Bertz CT molecular complexity index is 950. The minimum absolute atomic E-state index is 0.0175. The van der Waals surface area contributed by atoms with E-state index < -0.39 is 0 Å². The van der Waals surface area contributed by atoms with Gasteiger partial charge in [-0.15, -0.1) is 11.3 Å². The van der Waals surface area contributed by atoms with E-state index in [1.807, 2.05) is 19.2 Å². The second-order valence-electron chi connectivity index (χ2n) is 7.31. The van der Waals surface area contributed by atoms with E-state index in [1.54, 1.807) is 0 Å². The molecule has 0 bridgehead atoms. The fourth-order valence-corrected chi connectivity index (χ4v) is 4.68. The van der Waals surface area contributed by atoms with Gasteiger partial charge in [0.15, 0.2) is 0 Å². The molecule has 1 amide bonds. The second kappa shape index (κ2) is 6.83. The molecule has 26 heavy (non-hydrogen) atoms. The summed E-state index contributed by atoms with van der Waals surface area (Å²) in [5.74, 6) is 0.0175. The highest BCUT2D eigenvalue weighted by Gasteiger charge is 2.23. The topological polar surface area (TPSA) is 59.8 Å². The molecule has 6 heteroatoms. The molecule has 0 saturated heterocycles. The summed E-state index contributed by atoms with van der Waals surface area (Å²) in [4.78, 5) is 22.7. The monoisotopic (exact) mass is 368 g/mol. The van der Waals surface area contributed by atoms with Crippen molar-refractivity contribution < 1.29 is 4.79 Å². The Morgan fingerprint density at radius 2 is 2.12 bits per heavy atom. The van der Waals surface area contributed by atoms with Gasteiger partial charge in [0.2, 0.25) is 0 Å². The number of aromatic nitrogens is 3. The van der Waals surface area contributed by atoms with E-state index in [0.717, 1.165) is 45.0 Å². The van der Waals surface area contributed by atoms with Crippen LogP contribution in [-0.2, 0) is 0 Å². The summed E-state index contributed by atoms with van der Waals surface area (Å²) in [7, 11) is 0. The summed E-state index contributed by atoms with van der Waals surface area (Å²) in [5, 5.41) is 5.14. The van der Waals surface area contributed by atoms with Crippen LogP contribution in [0.2, 0.25) is 0 Å². The molecule has 1 aliphatic rings. The van der Waals surface area contributed by atoms with Crippen molar-refractivity contribution in [2.24, 2.45) is 0 Å². The molecule has 136 valence electrons. The van der Waals surface area contributed by atoms with E-state index in [2.05, 4.69) is 41.0 Å². The first kappa shape index (κ1) is 17.2. The van der Waals surface area contributed by atoms with Gasteiger partial charge in [-0.25, -0.2) is 9.97 Å². The summed E-state index contributed by atoms with van der Waals surface area (Å²) in [5.41, 5.74) is 2.81. The first-order chi connectivity index (χ1) is 12.5. The van der Waals surface area contributed by atoms with Gasteiger partial charge in [-0.2, -0.15) is 0 Å². The number of hydrogen-bond donors (Lipinski definition) is 1. The summed E-state index contributed by atoms with van der Waals surface area (Å²) in [6.07, 6.45) is 8.52. The molecular formula is C20H24N4OS. The molecular weight excluding hydrogens is 344 g/mol. The molecule has 3 heterocycles. The maximum Gasteiger partial charge on any atom is 0.263 e. The van der Waals surface area contributed by atoms with Crippen molar-refractivity contribution in [3.8, 4) is 10.6 Å². The zero-order valence-corrected chi connectivity index (χ0v) is 16.3. The lowest BCUT2D eigenvalue weighted by Crippen LogP contribution is -2.32. The largest absolute Gasteiger partial charge is 0.349 e. The zero-order chi connectivity index (χ0) is 18.3. The van der Waals surface area contributed by atoms with Crippen LogP contribution in [0.1, 0.15) is 60.9 Å². The maximum atomic E-state index is 12.7. The number of pyridine rings is 1. The van der Waals surface area contributed by atoms with E-state index in [0.29, 0.717) is 12.1 Å². The highest BCUT2D eigenvalue weighted by atomic mass is 32.1. The number of fused-ring (bicyclic) bond motifs is 1. The molecule has 1 aliphatic carbocycles. The first-order valence-corrected chi connectivity index (χ1v) is 10.1. The Kier molecular flexibility index (Phi) is 4.53. The SMILES string of the molecule is Cc1nc(-c2cn(C(C)C)c3ncccc23)sc1C(=O)NC1CCCC1. The molecule has 1 N–H and O–H groups in total. The minimum Gasteiger partial charge on any atom is -0.349 e. The normalized spacial score (nSPS) is 15.2. The maximum absolute atomic E-state index is 12.7. The lowest BCUT2D eigenvalue weighted by Gasteiger charge is -2.10. The van der Waals surface area contributed by atoms with Gasteiger partial charge in [0.05, 0.1) is 5.69 Å². The predicted molar refractivity (Wildman–Crippen MR) is 106 cm³/mol. The molecule has 4 rings (SSSR count). The molecule has 0 atom stereocenters. The Labute approximate surface area is 157 Å². The van der Waals surface area contributed by atoms with Gasteiger partial charge in [0, 0.05) is 35.4 Å². The van der Waals surface area contributed by atoms with Crippen LogP contribution in [0.5, 0.6) is 0 Å². The third-order valence-corrected chi connectivity index (χ3v) is 6.26. The van der Waals surface area contributed by atoms with Crippen molar-refractivity contribution >= 4 is 28.3 Å². The van der Waals surface area contributed by atoms with E-state index in [4.69, 9.17) is 4.98 Å². The van der Waals surface area contributed by atoms with Crippen molar-refractivity contribution in [2.45, 2.75) is 58.5 Å². The summed E-state index contributed by atoms with van der Waals surface area (Å²) >= 11 is 1.48. The van der Waals surface area contributed by atoms with Gasteiger partial charge < -0.3 is 9.88 Å². The molecule has 0 aromatic carbocycles. The number of hydrogen-bond acceptors (Lipinski definition) is 4. The van der Waals surface area contributed by atoms with Crippen LogP contribution in [0.25, 0.3) is 21.6 Å². The molecule has 0 radical (unpaired) electrons. The number of rotatable bonds is 4.